The molecule has 158 valence electrons. The number of thioether (sulfide) groups is 1. The minimum atomic E-state index is -0.111. The molecule has 0 atom stereocenters. The van der Waals surface area contributed by atoms with E-state index in [-0.39, 0.29) is 11.7 Å². The highest BCUT2D eigenvalue weighted by atomic mass is 32.2. The van der Waals surface area contributed by atoms with Gasteiger partial charge in [0.1, 0.15) is 5.82 Å². The zero-order valence-corrected chi connectivity index (χ0v) is 19.0. The monoisotopic (exact) mass is 449 g/mol. The number of carbonyl (C=O) groups excluding carboxylic acids is 1. The molecule has 0 spiro atoms. The average molecular weight is 450 g/mol. The third kappa shape index (κ3) is 5.39. The Hall–Kier alpha value is -2.97. The summed E-state index contributed by atoms with van der Waals surface area (Å²) in [4.78, 5) is 16.9. The molecule has 0 aliphatic heterocycles. The number of thiazole rings is 1. The van der Waals surface area contributed by atoms with E-state index in [4.69, 9.17) is 0 Å². The van der Waals surface area contributed by atoms with Gasteiger partial charge in [-0.05, 0) is 17.5 Å². The van der Waals surface area contributed by atoms with Gasteiger partial charge < -0.3 is 9.88 Å². The van der Waals surface area contributed by atoms with Crippen molar-refractivity contribution in [3.8, 4) is 11.3 Å². The van der Waals surface area contributed by atoms with Crippen LogP contribution in [0.5, 0.6) is 0 Å². The molecular weight excluding hydrogens is 426 g/mol. The Morgan fingerprint density at radius 2 is 1.84 bits per heavy atom. The van der Waals surface area contributed by atoms with Crippen LogP contribution in [0.3, 0.4) is 0 Å². The van der Waals surface area contributed by atoms with E-state index in [2.05, 4.69) is 63.8 Å². The second-order valence-corrected chi connectivity index (χ2v) is 8.85. The standard InChI is InChI=1S/C23H23N5OS2/c1-3-16-9-11-18(12-10-16)19-14-30-22(24-19)25-21(29)15-31-23-27-26-20(28(23)2)13-17-7-5-4-6-8-17/h4-12,14H,3,13,15H2,1-2H3,(H,24,25,29). The predicted octanol–water partition coefficient (Wildman–Crippen LogP) is 4.82. The maximum atomic E-state index is 12.4. The van der Waals surface area contributed by atoms with Crippen molar-refractivity contribution in [2.24, 2.45) is 7.05 Å². The van der Waals surface area contributed by atoms with E-state index in [1.54, 1.807) is 0 Å². The molecular formula is C23H23N5OS2. The molecule has 8 heteroatoms. The van der Waals surface area contributed by atoms with Gasteiger partial charge in [-0.2, -0.15) is 0 Å². The molecule has 0 aliphatic carbocycles. The molecule has 0 radical (unpaired) electrons. The molecule has 31 heavy (non-hydrogen) atoms. The number of hydrogen-bond donors (Lipinski definition) is 1. The molecule has 0 unspecified atom stereocenters. The lowest BCUT2D eigenvalue weighted by molar-refractivity contribution is -0.113. The smallest absolute Gasteiger partial charge is 0.236 e. The Kier molecular flexibility index (Phi) is 6.79. The first-order valence-corrected chi connectivity index (χ1v) is 11.9. The van der Waals surface area contributed by atoms with E-state index in [0.717, 1.165) is 28.7 Å². The van der Waals surface area contributed by atoms with Gasteiger partial charge in [-0.1, -0.05) is 73.3 Å². The fourth-order valence-corrected chi connectivity index (χ4v) is 4.53. The molecule has 0 saturated heterocycles. The molecule has 1 amide bonds. The number of aromatic nitrogens is 4. The summed E-state index contributed by atoms with van der Waals surface area (Å²) in [5.74, 6) is 1.00. The highest BCUT2D eigenvalue weighted by Crippen LogP contribution is 2.26. The van der Waals surface area contributed by atoms with E-state index in [9.17, 15) is 4.79 Å². The average Bonchev–Trinajstić information content (AvgIpc) is 3.40. The van der Waals surface area contributed by atoms with Crippen LogP contribution in [0.1, 0.15) is 23.9 Å². The molecule has 6 nitrogen and oxygen atoms in total. The molecule has 0 saturated carbocycles. The van der Waals surface area contributed by atoms with Gasteiger partial charge in [-0.3, -0.25) is 4.79 Å². The summed E-state index contributed by atoms with van der Waals surface area (Å²) in [7, 11) is 1.93. The first-order valence-electron chi connectivity index (χ1n) is 10.0. The number of nitrogens with zero attached hydrogens (tertiary/aromatic N) is 4. The van der Waals surface area contributed by atoms with Crippen LogP contribution in [0.2, 0.25) is 0 Å². The van der Waals surface area contributed by atoms with Crippen molar-refractivity contribution in [1.29, 1.82) is 0 Å². The van der Waals surface area contributed by atoms with E-state index >= 15 is 0 Å². The summed E-state index contributed by atoms with van der Waals surface area (Å²) in [5.41, 5.74) is 4.39. The summed E-state index contributed by atoms with van der Waals surface area (Å²) >= 11 is 2.79. The Morgan fingerprint density at radius 1 is 1.06 bits per heavy atom. The lowest BCUT2D eigenvalue weighted by atomic mass is 10.1. The van der Waals surface area contributed by atoms with Gasteiger partial charge in [0, 0.05) is 24.4 Å². The quantitative estimate of drug-likeness (QED) is 0.390. The third-order valence-electron chi connectivity index (χ3n) is 4.87. The van der Waals surface area contributed by atoms with Crippen molar-refractivity contribution >= 4 is 34.1 Å². The van der Waals surface area contributed by atoms with Crippen LogP contribution in [0.15, 0.2) is 65.1 Å². The van der Waals surface area contributed by atoms with Gasteiger partial charge in [-0.15, -0.1) is 21.5 Å². The Labute approximate surface area is 189 Å². The van der Waals surface area contributed by atoms with Crippen molar-refractivity contribution in [2.45, 2.75) is 24.9 Å². The predicted molar refractivity (Wildman–Crippen MR) is 127 cm³/mol. The fourth-order valence-electron chi connectivity index (χ4n) is 3.06. The molecule has 2 heterocycles. The number of amides is 1. The maximum Gasteiger partial charge on any atom is 0.236 e. The van der Waals surface area contributed by atoms with Crippen LogP contribution in [0.4, 0.5) is 5.13 Å². The van der Waals surface area contributed by atoms with Gasteiger partial charge in [0.2, 0.25) is 5.91 Å². The van der Waals surface area contributed by atoms with Crippen LogP contribution in [-0.2, 0) is 24.7 Å². The van der Waals surface area contributed by atoms with E-state index in [1.165, 1.54) is 34.2 Å². The van der Waals surface area contributed by atoms with Gasteiger partial charge in [0.15, 0.2) is 10.3 Å². The summed E-state index contributed by atoms with van der Waals surface area (Å²) in [6.45, 7) is 2.13. The summed E-state index contributed by atoms with van der Waals surface area (Å²) in [6, 6.07) is 18.5. The van der Waals surface area contributed by atoms with Gasteiger partial charge in [-0.25, -0.2) is 4.98 Å². The van der Waals surface area contributed by atoms with E-state index < -0.39 is 0 Å². The van der Waals surface area contributed by atoms with Crippen molar-refractivity contribution in [3.63, 3.8) is 0 Å². The topological polar surface area (TPSA) is 72.7 Å². The Balaban J connectivity index is 1.32. The lowest BCUT2D eigenvalue weighted by Crippen LogP contribution is -2.14. The summed E-state index contributed by atoms with van der Waals surface area (Å²) in [6.07, 6.45) is 1.72. The number of anilines is 1. The Morgan fingerprint density at radius 3 is 2.58 bits per heavy atom. The first-order chi connectivity index (χ1) is 15.1. The number of carbonyl (C=O) groups is 1. The van der Waals surface area contributed by atoms with Gasteiger partial charge in [0.05, 0.1) is 11.4 Å². The number of nitrogens with one attached hydrogen (secondary N) is 1. The zero-order chi connectivity index (χ0) is 21.6. The molecule has 0 bridgehead atoms. The van der Waals surface area contributed by atoms with Gasteiger partial charge in [0.25, 0.3) is 0 Å². The number of aryl methyl sites for hydroxylation is 1. The first kappa shape index (κ1) is 21.3. The normalized spacial score (nSPS) is 10.9. The molecule has 2 aromatic heterocycles. The van der Waals surface area contributed by atoms with Crippen LogP contribution in [0.25, 0.3) is 11.3 Å². The second-order valence-electron chi connectivity index (χ2n) is 7.05. The zero-order valence-electron chi connectivity index (χ0n) is 17.4. The minimum absolute atomic E-state index is 0.111. The van der Waals surface area contributed by atoms with Crippen molar-refractivity contribution in [3.05, 3.63) is 76.9 Å². The van der Waals surface area contributed by atoms with Crippen molar-refractivity contribution < 1.29 is 4.79 Å². The highest BCUT2D eigenvalue weighted by molar-refractivity contribution is 7.99. The molecule has 4 rings (SSSR count). The van der Waals surface area contributed by atoms with Crippen LogP contribution >= 0.6 is 23.1 Å². The highest BCUT2D eigenvalue weighted by Gasteiger charge is 2.13. The Bertz CT molecular complexity index is 1150. The largest absolute Gasteiger partial charge is 0.309 e. The van der Waals surface area contributed by atoms with Crippen LogP contribution in [-0.4, -0.2) is 31.4 Å². The molecule has 0 aliphatic rings. The van der Waals surface area contributed by atoms with Crippen molar-refractivity contribution in [1.82, 2.24) is 19.7 Å². The summed E-state index contributed by atoms with van der Waals surface area (Å²) in [5, 5.41) is 14.7. The second kappa shape index (κ2) is 9.89. The lowest BCUT2D eigenvalue weighted by Gasteiger charge is -2.04. The van der Waals surface area contributed by atoms with Crippen LogP contribution in [0, 0.1) is 0 Å². The fraction of sp³-hybridized carbons (Fsp3) is 0.217. The number of benzene rings is 2. The van der Waals surface area contributed by atoms with Gasteiger partial charge >= 0.3 is 0 Å². The summed E-state index contributed by atoms with van der Waals surface area (Å²) < 4.78 is 1.94. The van der Waals surface area contributed by atoms with Crippen molar-refractivity contribution in [2.75, 3.05) is 11.1 Å². The molecule has 4 aromatic rings. The molecule has 1 N–H and O–H groups in total. The number of hydrogen-bond acceptors (Lipinski definition) is 6. The van der Waals surface area contributed by atoms with E-state index in [1.807, 2.05) is 35.2 Å². The number of rotatable bonds is 8. The molecule has 0 fully saturated rings. The maximum absolute atomic E-state index is 12.4. The third-order valence-corrected chi connectivity index (χ3v) is 6.65. The SMILES string of the molecule is CCc1ccc(-c2csc(NC(=O)CSc3nnc(Cc4ccccc4)n3C)n2)cc1. The van der Waals surface area contributed by atoms with E-state index in [0.29, 0.717) is 11.6 Å². The van der Waals surface area contributed by atoms with Crippen LogP contribution < -0.4 is 5.32 Å². The molecule has 2 aromatic carbocycles. The minimum Gasteiger partial charge on any atom is -0.309 e.